The fraction of sp³-hybridized carbons (Fsp3) is 0.400. The molecule has 0 atom stereocenters. The Morgan fingerprint density at radius 1 is 1.43 bits per heavy atom. The predicted molar refractivity (Wildman–Crippen MR) is 62.1 cm³/mol. The first kappa shape index (κ1) is 11.4. The summed E-state index contributed by atoms with van der Waals surface area (Å²) in [5.74, 6) is -0.332. The number of esters is 1. The maximum absolute atomic E-state index is 11.5. The van der Waals surface area contributed by atoms with Crippen molar-refractivity contribution in [2.75, 3.05) is 0 Å². The Labute approximate surface area is 97.0 Å². The lowest BCUT2D eigenvalue weighted by atomic mass is 10.2. The van der Waals surface area contributed by atoms with Crippen LogP contribution in [0.2, 0.25) is 0 Å². The van der Waals surface area contributed by atoms with Gasteiger partial charge in [-0.3, -0.25) is 0 Å². The van der Waals surface area contributed by atoms with Crippen molar-refractivity contribution in [2.24, 2.45) is 0 Å². The van der Waals surface area contributed by atoms with Crippen LogP contribution in [-0.2, 0) is 4.74 Å². The smallest absolute Gasteiger partial charge is 0.340 e. The van der Waals surface area contributed by atoms with E-state index < -0.39 is 5.60 Å². The molecule has 0 aliphatic carbocycles. The number of halogens is 1. The van der Waals surface area contributed by atoms with E-state index in [4.69, 9.17) is 4.74 Å². The van der Waals surface area contributed by atoms with Crippen LogP contribution in [0.3, 0.4) is 0 Å². The van der Waals surface area contributed by atoms with Gasteiger partial charge in [0.25, 0.3) is 0 Å². The van der Waals surface area contributed by atoms with Crippen LogP contribution in [0, 0.1) is 3.70 Å². The minimum absolute atomic E-state index is 0.332. The van der Waals surface area contributed by atoms with Crippen molar-refractivity contribution in [3.63, 3.8) is 0 Å². The average Bonchev–Trinajstić information content (AvgIpc) is 2.02. The third kappa shape index (κ3) is 3.61. The quantitative estimate of drug-likeness (QED) is 0.455. The summed E-state index contributed by atoms with van der Waals surface area (Å²) in [5, 5.41) is 0. The molecule has 1 aromatic rings. The number of hydrogen-bond acceptors (Lipinski definition) is 3. The standard InChI is InChI=1S/C10H12INO2/c1-10(2,3)14-9(13)7-4-5-8(11)12-6-7/h4-6H,1-3H3. The molecule has 0 saturated heterocycles. The molecular formula is C10H12INO2. The second-order valence-corrected chi connectivity index (χ2v) is 4.98. The Kier molecular flexibility index (Phi) is 3.47. The normalized spacial score (nSPS) is 11.1. The highest BCUT2D eigenvalue weighted by Gasteiger charge is 2.17. The van der Waals surface area contributed by atoms with Gasteiger partial charge in [0.05, 0.1) is 5.56 Å². The minimum atomic E-state index is -0.458. The molecule has 1 rings (SSSR count). The van der Waals surface area contributed by atoms with E-state index in [-0.39, 0.29) is 5.97 Å². The zero-order valence-electron chi connectivity index (χ0n) is 8.37. The Balaban J connectivity index is 2.76. The van der Waals surface area contributed by atoms with Crippen LogP contribution in [0.5, 0.6) is 0 Å². The fourth-order valence-electron chi connectivity index (χ4n) is 0.834. The van der Waals surface area contributed by atoms with Crippen molar-refractivity contribution in [1.29, 1.82) is 0 Å². The van der Waals surface area contributed by atoms with Crippen molar-refractivity contribution >= 4 is 28.6 Å². The zero-order chi connectivity index (χ0) is 10.8. The summed E-state index contributed by atoms with van der Waals surface area (Å²) in [5.41, 5.74) is 0.0282. The van der Waals surface area contributed by atoms with Crippen LogP contribution in [-0.4, -0.2) is 16.6 Å². The Morgan fingerprint density at radius 3 is 2.50 bits per heavy atom. The van der Waals surface area contributed by atoms with Gasteiger partial charge in [-0.1, -0.05) is 0 Å². The molecule has 1 heterocycles. The van der Waals surface area contributed by atoms with Crippen molar-refractivity contribution in [1.82, 2.24) is 4.98 Å². The molecule has 1 aromatic heterocycles. The Bertz CT molecular complexity index is 327. The molecule has 0 unspecified atom stereocenters. The summed E-state index contributed by atoms with van der Waals surface area (Å²) in [7, 11) is 0. The number of rotatable bonds is 1. The molecule has 0 N–H and O–H groups in total. The third-order valence-corrected chi connectivity index (χ3v) is 2.00. The summed E-state index contributed by atoms with van der Waals surface area (Å²) >= 11 is 2.08. The summed E-state index contributed by atoms with van der Waals surface area (Å²) in [6.45, 7) is 5.51. The lowest BCUT2D eigenvalue weighted by Gasteiger charge is -2.19. The van der Waals surface area contributed by atoms with Gasteiger partial charge in [0.2, 0.25) is 0 Å². The highest BCUT2D eigenvalue weighted by atomic mass is 127. The van der Waals surface area contributed by atoms with Crippen LogP contribution in [0.15, 0.2) is 18.3 Å². The molecule has 0 amide bonds. The molecule has 76 valence electrons. The van der Waals surface area contributed by atoms with Gasteiger partial charge in [-0.25, -0.2) is 9.78 Å². The van der Waals surface area contributed by atoms with E-state index in [2.05, 4.69) is 27.6 Å². The van der Waals surface area contributed by atoms with Gasteiger partial charge >= 0.3 is 5.97 Å². The molecule has 0 aliphatic rings. The fourth-order valence-corrected chi connectivity index (χ4v) is 1.15. The highest BCUT2D eigenvalue weighted by Crippen LogP contribution is 2.11. The first-order valence-corrected chi connectivity index (χ1v) is 5.31. The van der Waals surface area contributed by atoms with Gasteiger partial charge in [-0.05, 0) is 55.5 Å². The first-order valence-electron chi connectivity index (χ1n) is 4.23. The predicted octanol–water partition coefficient (Wildman–Crippen LogP) is 2.64. The van der Waals surface area contributed by atoms with Gasteiger partial charge < -0.3 is 4.74 Å². The van der Waals surface area contributed by atoms with E-state index in [1.165, 1.54) is 6.20 Å². The van der Waals surface area contributed by atoms with E-state index in [9.17, 15) is 4.79 Å². The van der Waals surface area contributed by atoms with Crippen molar-refractivity contribution in [2.45, 2.75) is 26.4 Å². The molecule has 0 bridgehead atoms. The summed E-state index contributed by atoms with van der Waals surface area (Å²) in [6, 6.07) is 3.49. The monoisotopic (exact) mass is 305 g/mol. The maximum atomic E-state index is 11.5. The molecule has 0 spiro atoms. The van der Waals surface area contributed by atoms with E-state index in [0.717, 1.165) is 3.70 Å². The summed E-state index contributed by atoms with van der Waals surface area (Å²) in [6.07, 6.45) is 1.52. The third-order valence-electron chi connectivity index (χ3n) is 1.36. The number of nitrogens with zero attached hydrogens (tertiary/aromatic N) is 1. The minimum Gasteiger partial charge on any atom is -0.456 e. The van der Waals surface area contributed by atoms with E-state index in [0.29, 0.717) is 5.56 Å². The number of hydrogen-bond donors (Lipinski definition) is 0. The van der Waals surface area contributed by atoms with Gasteiger partial charge in [0.15, 0.2) is 0 Å². The molecule has 0 fully saturated rings. The number of ether oxygens (including phenoxy) is 1. The number of carbonyl (C=O) groups is 1. The van der Waals surface area contributed by atoms with Gasteiger partial charge in [-0.2, -0.15) is 0 Å². The largest absolute Gasteiger partial charge is 0.456 e. The maximum Gasteiger partial charge on any atom is 0.340 e. The summed E-state index contributed by atoms with van der Waals surface area (Å²) < 4.78 is 6.04. The van der Waals surface area contributed by atoms with E-state index >= 15 is 0 Å². The van der Waals surface area contributed by atoms with Crippen LogP contribution in [0.4, 0.5) is 0 Å². The Hall–Kier alpha value is -0.650. The second kappa shape index (κ2) is 4.25. The number of carbonyl (C=O) groups excluding carboxylic acids is 1. The van der Waals surface area contributed by atoms with Gasteiger partial charge in [-0.15, -0.1) is 0 Å². The van der Waals surface area contributed by atoms with Crippen LogP contribution < -0.4 is 0 Å². The van der Waals surface area contributed by atoms with E-state index in [1.807, 2.05) is 20.8 Å². The van der Waals surface area contributed by atoms with Crippen molar-refractivity contribution in [3.05, 3.63) is 27.6 Å². The molecule has 0 aliphatic heterocycles. The van der Waals surface area contributed by atoms with Crippen molar-refractivity contribution < 1.29 is 9.53 Å². The SMILES string of the molecule is CC(C)(C)OC(=O)c1ccc(I)nc1. The lowest BCUT2D eigenvalue weighted by Crippen LogP contribution is -2.23. The number of pyridine rings is 1. The average molecular weight is 305 g/mol. The first-order chi connectivity index (χ1) is 6.38. The zero-order valence-corrected chi connectivity index (χ0v) is 10.5. The van der Waals surface area contributed by atoms with E-state index in [1.54, 1.807) is 12.1 Å². The second-order valence-electron chi connectivity index (χ2n) is 3.87. The molecule has 3 nitrogen and oxygen atoms in total. The summed E-state index contributed by atoms with van der Waals surface area (Å²) in [4.78, 5) is 15.5. The van der Waals surface area contributed by atoms with Crippen molar-refractivity contribution in [3.8, 4) is 0 Å². The number of aromatic nitrogens is 1. The lowest BCUT2D eigenvalue weighted by molar-refractivity contribution is 0.00691. The molecule has 0 saturated carbocycles. The molecule has 4 heteroatoms. The molecule has 0 aromatic carbocycles. The van der Waals surface area contributed by atoms with Crippen LogP contribution in [0.1, 0.15) is 31.1 Å². The van der Waals surface area contributed by atoms with Gasteiger partial charge in [0, 0.05) is 6.20 Å². The molecule has 0 radical (unpaired) electrons. The van der Waals surface area contributed by atoms with Gasteiger partial charge in [0.1, 0.15) is 9.30 Å². The van der Waals surface area contributed by atoms with Crippen LogP contribution in [0.25, 0.3) is 0 Å². The molecule has 14 heavy (non-hydrogen) atoms. The Morgan fingerprint density at radius 2 is 2.07 bits per heavy atom. The highest BCUT2D eigenvalue weighted by molar-refractivity contribution is 14.1. The molecular weight excluding hydrogens is 293 g/mol. The topological polar surface area (TPSA) is 39.2 Å². The van der Waals surface area contributed by atoms with Crippen LogP contribution >= 0.6 is 22.6 Å².